The zero-order valence-electron chi connectivity index (χ0n) is 14.7. The summed E-state index contributed by atoms with van der Waals surface area (Å²) in [5.74, 6) is 0.409. The molecule has 3 atom stereocenters. The van der Waals surface area contributed by atoms with Gasteiger partial charge in [0.1, 0.15) is 0 Å². The molecule has 23 heavy (non-hydrogen) atoms. The second kappa shape index (κ2) is 7.93. The predicted molar refractivity (Wildman–Crippen MR) is 94.6 cm³/mol. The Balaban J connectivity index is 2.05. The van der Waals surface area contributed by atoms with Crippen LogP contribution >= 0.6 is 0 Å². The fourth-order valence-electron chi connectivity index (χ4n) is 3.52. The first kappa shape index (κ1) is 18.0. The molecule has 128 valence electrons. The quantitative estimate of drug-likeness (QED) is 0.845. The molecular weight excluding hydrogens is 288 g/mol. The molecule has 1 amide bonds. The van der Waals surface area contributed by atoms with Gasteiger partial charge in [-0.2, -0.15) is 0 Å². The summed E-state index contributed by atoms with van der Waals surface area (Å²) in [4.78, 5) is 14.9. The molecule has 1 aromatic carbocycles. The van der Waals surface area contributed by atoms with Crippen molar-refractivity contribution < 1.29 is 9.90 Å². The highest BCUT2D eigenvalue weighted by Crippen LogP contribution is 2.26. The van der Waals surface area contributed by atoms with E-state index in [-0.39, 0.29) is 18.1 Å². The highest BCUT2D eigenvalue weighted by Gasteiger charge is 2.32. The van der Waals surface area contributed by atoms with Gasteiger partial charge in [-0.25, -0.2) is 0 Å². The van der Waals surface area contributed by atoms with Crippen molar-refractivity contribution in [3.63, 3.8) is 0 Å². The first-order valence-electron chi connectivity index (χ1n) is 8.73. The van der Waals surface area contributed by atoms with E-state index in [2.05, 4.69) is 30.1 Å². The van der Waals surface area contributed by atoms with E-state index in [1.54, 1.807) is 0 Å². The second-order valence-corrected chi connectivity index (χ2v) is 7.03. The van der Waals surface area contributed by atoms with Gasteiger partial charge in [-0.1, -0.05) is 32.0 Å². The third-order valence-electron chi connectivity index (χ3n) is 4.75. The van der Waals surface area contributed by atoms with Gasteiger partial charge in [0, 0.05) is 11.7 Å². The third kappa shape index (κ3) is 4.55. The Bertz CT molecular complexity index is 528. The highest BCUT2D eigenvalue weighted by molar-refractivity contribution is 5.95. The van der Waals surface area contributed by atoms with Crippen LogP contribution in [0.5, 0.6) is 0 Å². The summed E-state index contributed by atoms with van der Waals surface area (Å²) >= 11 is 0. The Kier molecular flexibility index (Phi) is 6.19. The van der Waals surface area contributed by atoms with Crippen LogP contribution in [0.25, 0.3) is 0 Å². The van der Waals surface area contributed by atoms with Crippen molar-refractivity contribution in [2.24, 2.45) is 0 Å². The zero-order valence-corrected chi connectivity index (χ0v) is 14.7. The molecule has 0 bridgehead atoms. The van der Waals surface area contributed by atoms with Crippen LogP contribution in [0.3, 0.4) is 0 Å². The Morgan fingerprint density at radius 1 is 1.30 bits per heavy atom. The fraction of sp³-hybridized carbons (Fsp3) is 0.632. The van der Waals surface area contributed by atoms with Crippen LogP contribution in [0, 0.1) is 0 Å². The maximum absolute atomic E-state index is 12.7. The van der Waals surface area contributed by atoms with Crippen molar-refractivity contribution in [2.75, 3.05) is 11.9 Å². The van der Waals surface area contributed by atoms with Crippen molar-refractivity contribution >= 4 is 11.6 Å². The summed E-state index contributed by atoms with van der Waals surface area (Å²) in [5, 5.41) is 12.8. The monoisotopic (exact) mass is 318 g/mol. The van der Waals surface area contributed by atoms with Crippen LogP contribution in [0.15, 0.2) is 24.3 Å². The molecule has 0 spiro atoms. The average Bonchev–Trinajstić information content (AvgIpc) is 2.94. The number of nitrogens with one attached hydrogen (secondary N) is 1. The van der Waals surface area contributed by atoms with Gasteiger partial charge in [0.25, 0.3) is 0 Å². The number of aliphatic hydroxyl groups excluding tert-OH is 1. The molecule has 0 aromatic heterocycles. The summed E-state index contributed by atoms with van der Waals surface area (Å²) in [6, 6.07) is 8.12. The lowest BCUT2D eigenvalue weighted by Crippen LogP contribution is -2.45. The number of amides is 1. The van der Waals surface area contributed by atoms with E-state index in [4.69, 9.17) is 0 Å². The van der Waals surface area contributed by atoms with Gasteiger partial charge in [0.15, 0.2) is 0 Å². The van der Waals surface area contributed by atoms with E-state index in [0.717, 1.165) is 37.1 Å². The van der Waals surface area contributed by atoms with Gasteiger partial charge in [0.05, 0.1) is 12.1 Å². The molecule has 1 aromatic rings. The lowest BCUT2D eigenvalue weighted by molar-refractivity contribution is -0.121. The third-order valence-corrected chi connectivity index (χ3v) is 4.75. The number of hydrogen-bond donors (Lipinski definition) is 2. The summed E-state index contributed by atoms with van der Waals surface area (Å²) in [7, 11) is 0. The summed E-state index contributed by atoms with van der Waals surface area (Å²) in [6.07, 6.45) is 2.57. The van der Waals surface area contributed by atoms with E-state index < -0.39 is 0 Å². The Morgan fingerprint density at radius 2 is 2.00 bits per heavy atom. The molecule has 4 nitrogen and oxygen atoms in total. The summed E-state index contributed by atoms with van der Waals surface area (Å²) in [5.41, 5.74) is 2.07. The van der Waals surface area contributed by atoms with Crippen LogP contribution in [-0.2, 0) is 4.79 Å². The minimum atomic E-state index is -0.322. The highest BCUT2D eigenvalue weighted by atomic mass is 16.3. The molecule has 3 unspecified atom stereocenters. The fourth-order valence-corrected chi connectivity index (χ4v) is 3.52. The van der Waals surface area contributed by atoms with E-state index in [9.17, 15) is 9.90 Å². The molecule has 0 radical (unpaired) electrons. The Labute approximate surface area is 139 Å². The van der Waals surface area contributed by atoms with E-state index in [1.807, 2.05) is 32.0 Å². The Morgan fingerprint density at radius 3 is 2.65 bits per heavy atom. The van der Waals surface area contributed by atoms with Crippen molar-refractivity contribution in [2.45, 2.75) is 71.1 Å². The molecule has 2 N–H and O–H groups in total. The average molecular weight is 318 g/mol. The molecular formula is C19H30N2O2. The molecule has 4 heteroatoms. The number of hydrogen-bond acceptors (Lipinski definition) is 3. The number of rotatable bonds is 6. The standard InChI is InChI=1S/C19H30N2O2/c1-13(2)17-9-5-6-10-18(17)20-19(23)15(4)21-11-7-8-16(21)12-14(3)22/h5-6,9-10,13-16,22H,7-8,11-12H2,1-4H3,(H,20,23). The first-order chi connectivity index (χ1) is 10.9. The van der Waals surface area contributed by atoms with Gasteiger partial charge in [-0.05, 0) is 57.2 Å². The summed E-state index contributed by atoms with van der Waals surface area (Å²) in [6.45, 7) is 8.98. The molecule has 0 aliphatic carbocycles. The van der Waals surface area contributed by atoms with Crippen molar-refractivity contribution in [1.29, 1.82) is 0 Å². The van der Waals surface area contributed by atoms with Crippen LogP contribution in [0.2, 0.25) is 0 Å². The molecule has 1 saturated heterocycles. The number of anilines is 1. The van der Waals surface area contributed by atoms with Crippen LogP contribution in [0.4, 0.5) is 5.69 Å². The summed E-state index contributed by atoms with van der Waals surface area (Å²) < 4.78 is 0. The number of para-hydroxylation sites is 1. The van der Waals surface area contributed by atoms with E-state index in [1.165, 1.54) is 0 Å². The molecule has 2 rings (SSSR count). The minimum Gasteiger partial charge on any atom is -0.393 e. The normalized spacial score (nSPS) is 21.4. The Hall–Kier alpha value is -1.39. The number of carbonyl (C=O) groups excluding carboxylic acids is 1. The lowest BCUT2D eigenvalue weighted by atomic mass is 10.0. The largest absolute Gasteiger partial charge is 0.393 e. The molecule has 1 aliphatic heterocycles. The minimum absolute atomic E-state index is 0.0376. The van der Waals surface area contributed by atoms with E-state index in [0.29, 0.717) is 12.0 Å². The SMILES string of the molecule is CC(O)CC1CCCN1C(C)C(=O)Nc1ccccc1C(C)C. The predicted octanol–water partition coefficient (Wildman–Crippen LogP) is 3.37. The second-order valence-electron chi connectivity index (χ2n) is 7.03. The molecule has 1 heterocycles. The lowest BCUT2D eigenvalue weighted by Gasteiger charge is -2.30. The van der Waals surface area contributed by atoms with Crippen LogP contribution in [-0.4, -0.2) is 40.6 Å². The van der Waals surface area contributed by atoms with Gasteiger partial charge >= 0.3 is 0 Å². The van der Waals surface area contributed by atoms with Crippen molar-refractivity contribution in [3.8, 4) is 0 Å². The van der Waals surface area contributed by atoms with Crippen molar-refractivity contribution in [3.05, 3.63) is 29.8 Å². The number of nitrogens with zero attached hydrogens (tertiary/aromatic N) is 1. The number of likely N-dealkylation sites (tertiary alicyclic amines) is 1. The smallest absolute Gasteiger partial charge is 0.241 e. The van der Waals surface area contributed by atoms with Gasteiger partial charge < -0.3 is 10.4 Å². The number of benzene rings is 1. The number of carbonyl (C=O) groups is 1. The maximum Gasteiger partial charge on any atom is 0.241 e. The molecule has 1 aliphatic rings. The van der Waals surface area contributed by atoms with E-state index >= 15 is 0 Å². The topological polar surface area (TPSA) is 52.6 Å². The first-order valence-corrected chi connectivity index (χ1v) is 8.73. The van der Waals surface area contributed by atoms with Gasteiger partial charge in [0.2, 0.25) is 5.91 Å². The zero-order chi connectivity index (χ0) is 17.0. The van der Waals surface area contributed by atoms with Crippen molar-refractivity contribution in [1.82, 2.24) is 4.90 Å². The molecule has 1 fully saturated rings. The van der Waals surface area contributed by atoms with Crippen LogP contribution in [0.1, 0.15) is 58.4 Å². The van der Waals surface area contributed by atoms with Gasteiger partial charge in [-0.15, -0.1) is 0 Å². The number of aliphatic hydroxyl groups is 1. The maximum atomic E-state index is 12.7. The molecule has 0 saturated carbocycles. The van der Waals surface area contributed by atoms with Gasteiger partial charge in [-0.3, -0.25) is 9.69 Å². The van der Waals surface area contributed by atoms with Crippen LogP contribution < -0.4 is 5.32 Å².